The molecule has 0 aliphatic heterocycles. The van der Waals surface area contributed by atoms with Crippen LogP contribution < -0.4 is 5.32 Å². The summed E-state index contributed by atoms with van der Waals surface area (Å²) in [6, 6.07) is 7.09. The lowest BCUT2D eigenvalue weighted by atomic mass is 10.0. The van der Waals surface area contributed by atoms with Gasteiger partial charge in [-0.25, -0.2) is 4.79 Å². The van der Waals surface area contributed by atoms with Gasteiger partial charge in [0.15, 0.2) is 0 Å². The minimum absolute atomic E-state index is 0. The molecule has 1 amide bonds. The zero-order valence-electron chi connectivity index (χ0n) is 15.8. The highest BCUT2D eigenvalue weighted by Gasteiger charge is 2.24. The Labute approximate surface area is 160 Å². The number of ether oxygens (including phenoxy) is 1. The van der Waals surface area contributed by atoms with Crippen LogP contribution in [0.3, 0.4) is 0 Å². The maximum atomic E-state index is 12.4. The van der Waals surface area contributed by atoms with Crippen molar-refractivity contribution in [2.24, 2.45) is 0 Å². The van der Waals surface area contributed by atoms with Gasteiger partial charge in [0.2, 0.25) is 0 Å². The quantitative estimate of drug-likeness (QED) is 0.806. The Kier molecular flexibility index (Phi) is 7.33. The molecular formula is C20H25ClN2O3. The molecule has 0 unspecified atom stereocenters. The fourth-order valence-corrected chi connectivity index (χ4v) is 2.42. The van der Waals surface area contributed by atoms with Crippen LogP contribution >= 0.6 is 12.4 Å². The second-order valence-corrected chi connectivity index (χ2v) is 6.90. The van der Waals surface area contributed by atoms with Gasteiger partial charge in [-0.15, -0.1) is 12.4 Å². The first kappa shape index (κ1) is 21.6. The molecule has 1 aromatic heterocycles. The number of esters is 1. The normalized spacial score (nSPS) is 10.7. The van der Waals surface area contributed by atoms with Gasteiger partial charge in [-0.3, -0.25) is 9.78 Å². The molecule has 140 valence electrons. The molecule has 0 radical (unpaired) electrons. The van der Waals surface area contributed by atoms with Crippen molar-refractivity contribution >= 4 is 24.3 Å². The van der Waals surface area contributed by atoms with Gasteiger partial charge in [-0.1, -0.05) is 6.07 Å². The Balaban J connectivity index is 0.00000338. The number of carbonyl (C=O) groups is 2. The smallest absolute Gasteiger partial charge is 0.338 e. The predicted molar refractivity (Wildman–Crippen MR) is 104 cm³/mol. The summed E-state index contributed by atoms with van der Waals surface area (Å²) in [4.78, 5) is 28.5. The Bertz CT molecular complexity index is 789. The zero-order valence-corrected chi connectivity index (χ0v) is 16.6. The van der Waals surface area contributed by atoms with E-state index < -0.39 is 5.54 Å². The SMILES string of the molecule is Cc1cc(C)c(C(=O)OCC(C)(C)NC(=O)c2ccncc2)cc1C.Cl. The van der Waals surface area contributed by atoms with E-state index in [9.17, 15) is 9.59 Å². The number of benzene rings is 1. The van der Waals surface area contributed by atoms with E-state index in [0.29, 0.717) is 11.1 Å². The number of hydrogen-bond acceptors (Lipinski definition) is 4. The maximum absolute atomic E-state index is 12.4. The highest BCUT2D eigenvalue weighted by molar-refractivity contribution is 5.94. The third kappa shape index (κ3) is 5.56. The monoisotopic (exact) mass is 376 g/mol. The summed E-state index contributed by atoms with van der Waals surface area (Å²) in [5.74, 6) is -0.613. The van der Waals surface area contributed by atoms with Crippen LogP contribution in [-0.4, -0.2) is 29.0 Å². The number of amides is 1. The first-order chi connectivity index (χ1) is 11.7. The second-order valence-electron chi connectivity index (χ2n) is 6.90. The molecule has 2 aromatic rings. The Morgan fingerprint density at radius 3 is 2.23 bits per heavy atom. The van der Waals surface area contributed by atoms with Crippen LogP contribution in [0.4, 0.5) is 0 Å². The van der Waals surface area contributed by atoms with Crippen LogP contribution in [0, 0.1) is 20.8 Å². The van der Waals surface area contributed by atoms with E-state index in [2.05, 4.69) is 10.3 Å². The van der Waals surface area contributed by atoms with Crippen LogP contribution in [0.5, 0.6) is 0 Å². The largest absolute Gasteiger partial charge is 0.460 e. The number of hydrogen-bond donors (Lipinski definition) is 1. The second kappa shape index (κ2) is 8.81. The highest BCUT2D eigenvalue weighted by Crippen LogP contribution is 2.17. The number of aromatic nitrogens is 1. The molecule has 0 aliphatic carbocycles. The van der Waals surface area contributed by atoms with Gasteiger partial charge in [-0.2, -0.15) is 0 Å². The van der Waals surface area contributed by atoms with Crippen LogP contribution in [0.2, 0.25) is 0 Å². The molecule has 1 heterocycles. The maximum Gasteiger partial charge on any atom is 0.338 e. The van der Waals surface area contributed by atoms with Crippen molar-refractivity contribution in [2.75, 3.05) is 6.61 Å². The van der Waals surface area contributed by atoms with Gasteiger partial charge in [0, 0.05) is 18.0 Å². The molecule has 5 nitrogen and oxygen atoms in total. The van der Waals surface area contributed by atoms with E-state index in [1.54, 1.807) is 24.5 Å². The average Bonchev–Trinajstić information content (AvgIpc) is 2.56. The topological polar surface area (TPSA) is 68.3 Å². The van der Waals surface area contributed by atoms with Crippen molar-refractivity contribution < 1.29 is 14.3 Å². The predicted octanol–water partition coefficient (Wildman–Crippen LogP) is 3.79. The van der Waals surface area contributed by atoms with Crippen molar-refractivity contribution in [3.8, 4) is 0 Å². The summed E-state index contributed by atoms with van der Waals surface area (Å²) < 4.78 is 5.44. The summed E-state index contributed by atoms with van der Waals surface area (Å²) in [6.07, 6.45) is 3.12. The van der Waals surface area contributed by atoms with E-state index in [4.69, 9.17) is 4.74 Å². The molecule has 1 N–H and O–H groups in total. The third-order valence-electron chi connectivity index (χ3n) is 4.02. The summed E-state index contributed by atoms with van der Waals surface area (Å²) in [6.45, 7) is 9.56. The molecule has 0 fully saturated rings. The lowest BCUT2D eigenvalue weighted by Crippen LogP contribution is -2.47. The molecule has 1 aromatic carbocycles. The zero-order chi connectivity index (χ0) is 18.6. The minimum Gasteiger partial charge on any atom is -0.460 e. The van der Waals surface area contributed by atoms with Crippen molar-refractivity contribution in [2.45, 2.75) is 40.2 Å². The van der Waals surface area contributed by atoms with E-state index in [0.717, 1.165) is 16.7 Å². The molecule has 26 heavy (non-hydrogen) atoms. The Hall–Kier alpha value is -2.40. The lowest BCUT2D eigenvalue weighted by Gasteiger charge is -2.26. The minimum atomic E-state index is -0.691. The van der Waals surface area contributed by atoms with Crippen LogP contribution in [0.1, 0.15) is 51.3 Å². The molecule has 0 saturated carbocycles. The molecule has 2 rings (SSSR count). The summed E-state index contributed by atoms with van der Waals surface area (Å²) in [5.41, 5.74) is 3.44. The van der Waals surface area contributed by atoms with E-state index in [-0.39, 0.29) is 30.9 Å². The van der Waals surface area contributed by atoms with Gasteiger partial charge in [0.1, 0.15) is 6.61 Å². The fraction of sp³-hybridized carbons (Fsp3) is 0.350. The number of nitrogens with zero attached hydrogens (tertiary/aromatic N) is 1. The highest BCUT2D eigenvalue weighted by atomic mass is 35.5. The molecule has 6 heteroatoms. The number of halogens is 1. The molecule has 0 aliphatic rings. The van der Waals surface area contributed by atoms with E-state index in [1.807, 2.05) is 46.8 Å². The van der Waals surface area contributed by atoms with Crippen molar-refractivity contribution in [1.29, 1.82) is 0 Å². The summed E-state index contributed by atoms with van der Waals surface area (Å²) in [5, 5.41) is 2.87. The van der Waals surface area contributed by atoms with Gasteiger partial charge >= 0.3 is 5.97 Å². The molecule has 0 atom stereocenters. The lowest BCUT2D eigenvalue weighted by molar-refractivity contribution is 0.0389. The molecular weight excluding hydrogens is 352 g/mol. The summed E-state index contributed by atoms with van der Waals surface area (Å²) >= 11 is 0. The van der Waals surface area contributed by atoms with Gasteiger partial charge in [-0.05, 0) is 69.5 Å². The van der Waals surface area contributed by atoms with Crippen LogP contribution in [0.15, 0.2) is 36.7 Å². The number of carbonyl (C=O) groups excluding carboxylic acids is 2. The van der Waals surface area contributed by atoms with Crippen LogP contribution in [0.25, 0.3) is 0 Å². The number of pyridine rings is 1. The molecule has 0 spiro atoms. The van der Waals surface area contributed by atoms with Gasteiger partial charge < -0.3 is 10.1 Å². The van der Waals surface area contributed by atoms with E-state index >= 15 is 0 Å². The molecule has 0 bridgehead atoms. The number of nitrogens with one attached hydrogen (secondary N) is 1. The fourth-order valence-electron chi connectivity index (χ4n) is 2.42. The standard InChI is InChI=1S/C20H24N2O3.ClH/c1-13-10-15(3)17(11-14(13)2)19(24)25-12-20(4,5)22-18(23)16-6-8-21-9-7-16;/h6-11H,12H2,1-5H3,(H,22,23);1H. The van der Waals surface area contributed by atoms with Gasteiger partial charge in [0.25, 0.3) is 5.91 Å². The van der Waals surface area contributed by atoms with E-state index in [1.165, 1.54) is 0 Å². The first-order valence-corrected chi connectivity index (χ1v) is 8.17. The van der Waals surface area contributed by atoms with Crippen molar-refractivity contribution in [1.82, 2.24) is 10.3 Å². The third-order valence-corrected chi connectivity index (χ3v) is 4.02. The van der Waals surface area contributed by atoms with Crippen molar-refractivity contribution in [3.63, 3.8) is 0 Å². The number of rotatable bonds is 5. The number of aryl methyl sites for hydroxylation is 3. The Morgan fingerprint density at radius 2 is 1.62 bits per heavy atom. The average molecular weight is 377 g/mol. The summed E-state index contributed by atoms with van der Waals surface area (Å²) in [7, 11) is 0. The Morgan fingerprint density at radius 1 is 1.04 bits per heavy atom. The van der Waals surface area contributed by atoms with Crippen molar-refractivity contribution in [3.05, 3.63) is 64.5 Å². The van der Waals surface area contributed by atoms with Crippen LogP contribution in [-0.2, 0) is 4.74 Å². The first-order valence-electron chi connectivity index (χ1n) is 8.17. The molecule has 0 saturated heterocycles. The van der Waals surface area contributed by atoms with Gasteiger partial charge in [0.05, 0.1) is 11.1 Å².